The number of nitro benzene ring substituents is 1. The van der Waals surface area contributed by atoms with E-state index in [1.165, 1.54) is 19.2 Å². The number of halogens is 1. The van der Waals surface area contributed by atoms with Crippen molar-refractivity contribution in [3.05, 3.63) is 32.8 Å². The number of anilines is 1. The van der Waals surface area contributed by atoms with E-state index in [1.807, 2.05) is 4.90 Å². The second kappa shape index (κ2) is 6.09. The predicted octanol–water partition coefficient (Wildman–Crippen LogP) is 3.03. The first-order valence-corrected chi connectivity index (χ1v) is 6.73. The Kier molecular flexibility index (Phi) is 4.44. The third-order valence-corrected chi connectivity index (χ3v) is 3.62. The van der Waals surface area contributed by atoms with Crippen LogP contribution in [-0.2, 0) is 4.74 Å². The molecule has 1 fully saturated rings. The fourth-order valence-electron chi connectivity index (χ4n) is 2.39. The molecule has 1 heterocycles. The first-order chi connectivity index (χ1) is 9.54. The maximum atomic E-state index is 11.5. The molecule has 20 heavy (non-hydrogen) atoms. The molecule has 1 aromatic carbocycles. The Balaban J connectivity index is 2.49. The van der Waals surface area contributed by atoms with Crippen LogP contribution < -0.4 is 4.90 Å². The average molecular weight is 299 g/mol. The van der Waals surface area contributed by atoms with Gasteiger partial charge in [0.25, 0.3) is 5.69 Å². The summed E-state index contributed by atoms with van der Waals surface area (Å²) in [5.74, 6) is -0.639. The Hall–Kier alpha value is -1.82. The molecule has 0 spiro atoms. The van der Waals surface area contributed by atoms with E-state index in [9.17, 15) is 14.9 Å². The van der Waals surface area contributed by atoms with Crippen molar-refractivity contribution in [3.8, 4) is 0 Å². The highest BCUT2D eigenvalue weighted by Crippen LogP contribution is 2.38. The summed E-state index contributed by atoms with van der Waals surface area (Å²) in [6.07, 6.45) is 3.07. The molecule has 0 aromatic heterocycles. The highest BCUT2D eigenvalue weighted by Gasteiger charge is 2.26. The minimum atomic E-state index is -0.639. The van der Waals surface area contributed by atoms with Crippen LogP contribution in [0.15, 0.2) is 12.1 Å². The summed E-state index contributed by atoms with van der Waals surface area (Å²) >= 11 is 6.16. The molecular formula is C13H15ClN2O4. The second-order valence-electron chi connectivity index (χ2n) is 4.62. The van der Waals surface area contributed by atoms with Crippen molar-refractivity contribution < 1.29 is 14.5 Å². The Labute approximate surface area is 121 Å². The van der Waals surface area contributed by atoms with Gasteiger partial charge in [0.1, 0.15) is 5.69 Å². The molecular weight excluding hydrogens is 284 g/mol. The summed E-state index contributed by atoms with van der Waals surface area (Å²) in [5.41, 5.74) is 0.328. The second-order valence-corrected chi connectivity index (χ2v) is 5.03. The molecule has 0 atom stereocenters. The zero-order chi connectivity index (χ0) is 14.7. The van der Waals surface area contributed by atoms with E-state index >= 15 is 0 Å². The summed E-state index contributed by atoms with van der Waals surface area (Å²) in [6, 6.07) is 2.64. The van der Waals surface area contributed by atoms with E-state index in [-0.39, 0.29) is 16.3 Å². The van der Waals surface area contributed by atoms with E-state index < -0.39 is 10.9 Å². The van der Waals surface area contributed by atoms with Gasteiger partial charge in [-0.15, -0.1) is 0 Å². The third-order valence-electron chi connectivity index (χ3n) is 3.33. The van der Waals surface area contributed by atoms with Crippen molar-refractivity contribution in [2.45, 2.75) is 19.3 Å². The molecule has 1 saturated heterocycles. The lowest BCUT2D eigenvalue weighted by Gasteiger charge is -2.29. The zero-order valence-corrected chi connectivity index (χ0v) is 11.9. The van der Waals surface area contributed by atoms with Crippen LogP contribution in [0.4, 0.5) is 11.4 Å². The van der Waals surface area contributed by atoms with Crippen LogP contribution in [0.25, 0.3) is 0 Å². The largest absolute Gasteiger partial charge is 0.465 e. The molecule has 108 valence electrons. The van der Waals surface area contributed by atoms with Gasteiger partial charge >= 0.3 is 5.97 Å². The van der Waals surface area contributed by atoms with Gasteiger partial charge in [0.15, 0.2) is 0 Å². The molecule has 0 saturated carbocycles. The van der Waals surface area contributed by atoms with Gasteiger partial charge in [-0.3, -0.25) is 10.1 Å². The molecule has 0 amide bonds. The van der Waals surface area contributed by atoms with Crippen molar-refractivity contribution >= 4 is 28.9 Å². The van der Waals surface area contributed by atoms with E-state index in [2.05, 4.69) is 4.74 Å². The fraction of sp³-hybridized carbons (Fsp3) is 0.462. The van der Waals surface area contributed by atoms with Crippen LogP contribution in [0.3, 0.4) is 0 Å². The van der Waals surface area contributed by atoms with E-state index in [0.29, 0.717) is 5.69 Å². The molecule has 0 bridgehead atoms. The number of carbonyl (C=O) groups is 1. The first-order valence-electron chi connectivity index (χ1n) is 6.35. The molecule has 1 aliphatic heterocycles. The molecule has 1 aliphatic rings. The highest BCUT2D eigenvalue weighted by atomic mass is 35.5. The Morgan fingerprint density at radius 2 is 2.00 bits per heavy atom. The van der Waals surface area contributed by atoms with E-state index in [1.54, 1.807) is 0 Å². The summed E-state index contributed by atoms with van der Waals surface area (Å²) in [4.78, 5) is 24.2. The van der Waals surface area contributed by atoms with Crippen molar-refractivity contribution in [2.75, 3.05) is 25.1 Å². The predicted molar refractivity (Wildman–Crippen MR) is 75.5 cm³/mol. The SMILES string of the molecule is COC(=O)c1cc(Cl)c(N2CCCCC2)c([N+](=O)[O-])c1. The van der Waals surface area contributed by atoms with Crippen molar-refractivity contribution in [2.24, 2.45) is 0 Å². The molecule has 0 radical (unpaired) electrons. The van der Waals surface area contributed by atoms with Crippen LogP contribution in [0.2, 0.25) is 5.02 Å². The third kappa shape index (κ3) is 2.85. The van der Waals surface area contributed by atoms with E-state index in [0.717, 1.165) is 32.4 Å². The number of ether oxygens (including phenoxy) is 1. The topological polar surface area (TPSA) is 72.7 Å². The monoisotopic (exact) mass is 298 g/mol. The summed E-state index contributed by atoms with van der Waals surface area (Å²) in [5, 5.41) is 11.5. The maximum Gasteiger partial charge on any atom is 0.338 e. The minimum absolute atomic E-state index is 0.0879. The number of methoxy groups -OCH3 is 1. The van der Waals surface area contributed by atoms with Gasteiger partial charge in [-0.2, -0.15) is 0 Å². The van der Waals surface area contributed by atoms with Crippen LogP contribution in [-0.4, -0.2) is 31.1 Å². The Morgan fingerprint density at radius 3 is 2.55 bits per heavy atom. The number of piperidine rings is 1. The Bertz CT molecular complexity index is 541. The number of carbonyl (C=O) groups excluding carboxylic acids is 1. The minimum Gasteiger partial charge on any atom is -0.465 e. The summed E-state index contributed by atoms with van der Waals surface area (Å²) in [6.45, 7) is 1.47. The van der Waals surface area contributed by atoms with Crippen LogP contribution >= 0.6 is 11.6 Å². The van der Waals surface area contributed by atoms with Crippen molar-refractivity contribution in [1.82, 2.24) is 0 Å². The van der Waals surface area contributed by atoms with Gasteiger partial charge in [-0.25, -0.2) is 4.79 Å². The molecule has 6 nitrogen and oxygen atoms in total. The normalized spacial score (nSPS) is 15.0. The van der Waals surface area contributed by atoms with Crippen LogP contribution in [0, 0.1) is 10.1 Å². The number of hydrogen-bond acceptors (Lipinski definition) is 5. The van der Waals surface area contributed by atoms with E-state index in [4.69, 9.17) is 11.6 Å². The van der Waals surface area contributed by atoms with Crippen LogP contribution in [0.5, 0.6) is 0 Å². The highest BCUT2D eigenvalue weighted by molar-refractivity contribution is 6.34. The number of nitrogens with zero attached hydrogens (tertiary/aromatic N) is 2. The number of nitro groups is 1. The van der Waals surface area contributed by atoms with Crippen molar-refractivity contribution in [1.29, 1.82) is 0 Å². The van der Waals surface area contributed by atoms with Gasteiger partial charge in [0.2, 0.25) is 0 Å². The lowest BCUT2D eigenvalue weighted by molar-refractivity contribution is -0.384. The summed E-state index contributed by atoms with van der Waals surface area (Å²) < 4.78 is 4.58. The molecule has 0 aliphatic carbocycles. The quantitative estimate of drug-likeness (QED) is 0.487. The van der Waals surface area contributed by atoms with Crippen LogP contribution in [0.1, 0.15) is 29.6 Å². The van der Waals surface area contributed by atoms with Gasteiger partial charge in [0, 0.05) is 19.2 Å². The fourth-order valence-corrected chi connectivity index (χ4v) is 2.72. The molecule has 0 unspecified atom stereocenters. The number of esters is 1. The average Bonchev–Trinajstić information content (AvgIpc) is 2.46. The van der Waals surface area contributed by atoms with Gasteiger partial charge < -0.3 is 9.64 Å². The number of rotatable bonds is 3. The molecule has 2 rings (SSSR count). The first kappa shape index (κ1) is 14.6. The Morgan fingerprint density at radius 1 is 1.35 bits per heavy atom. The smallest absolute Gasteiger partial charge is 0.338 e. The molecule has 1 aromatic rings. The van der Waals surface area contributed by atoms with Gasteiger partial charge in [-0.05, 0) is 25.3 Å². The number of benzene rings is 1. The number of hydrogen-bond donors (Lipinski definition) is 0. The summed E-state index contributed by atoms with van der Waals surface area (Å²) in [7, 11) is 1.22. The van der Waals surface area contributed by atoms with Gasteiger partial charge in [0.05, 0.1) is 22.6 Å². The zero-order valence-electron chi connectivity index (χ0n) is 11.1. The standard InChI is InChI=1S/C13H15ClN2O4/c1-20-13(17)9-7-10(14)12(11(8-9)16(18)19)15-5-3-2-4-6-15/h7-8H,2-6H2,1H3. The van der Waals surface area contributed by atoms with Crippen molar-refractivity contribution in [3.63, 3.8) is 0 Å². The van der Waals surface area contributed by atoms with Gasteiger partial charge in [-0.1, -0.05) is 11.6 Å². The maximum absolute atomic E-state index is 11.5. The molecule has 7 heteroatoms. The lowest BCUT2D eigenvalue weighted by Crippen LogP contribution is -2.30. The molecule has 0 N–H and O–H groups in total. The lowest BCUT2D eigenvalue weighted by atomic mass is 10.1.